The first-order valence-electron chi connectivity index (χ1n) is 13.8. The molecule has 0 radical (unpaired) electrons. The van der Waals surface area contributed by atoms with Crippen molar-refractivity contribution in [3.8, 4) is 33.5 Å². The van der Waals surface area contributed by atoms with Gasteiger partial charge in [0.2, 0.25) is 0 Å². The molecule has 0 atom stereocenters. The minimum Gasteiger partial charge on any atom is -0.456 e. The van der Waals surface area contributed by atoms with Gasteiger partial charge in [-0.3, -0.25) is 0 Å². The number of benzene rings is 2. The van der Waals surface area contributed by atoms with Gasteiger partial charge in [-0.2, -0.15) is 0 Å². The molecule has 0 fully saturated rings. The molecule has 0 amide bonds. The predicted molar refractivity (Wildman–Crippen MR) is 176 cm³/mol. The van der Waals surface area contributed by atoms with Crippen molar-refractivity contribution >= 4 is 61.3 Å². The maximum absolute atomic E-state index is 6.71. The van der Waals surface area contributed by atoms with E-state index >= 15 is 0 Å². The smallest absolute Gasteiger partial charge is 0.139 e. The molecule has 0 saturated carbocycles. The van der Waals surface area contributed by atoms with Crippen molar-refractivity contribution < 1.29 is 4.42 Å². The first kappa shape index (κ1) is 24.7. The Kier molecular flexibility index (Phi) is 5.76. The van der Waals surface area contributed by atoms with Gasteiger partial charge in [0, 0.05) is 27.3 Å². The van der Waals surface area contributed by atoms with Crippen molar-refractivity contribution in [1.29, 1.82) is 0 Å². The van der Waals surface area contributed by atoms with Gasteiger partial charge in [-0.05, 0) is 90.9 Å². The number of nitrogens with zero attached hydrogens (tertiary/aromatic N) is 1. The van der Waals surface area contributed by atoms with E-state index in [2.05, 4.69) is 129 Å². The van der Waals surface area contributed by atoms with Crippen LogP contribution in [0.2, 0.25) is 0 Å². The zero-order valence-electron chi connectivity index (χ0n) is 22.7. The van der Waals surface area contributed by atoms with Crippen molar-refractivity contribution in [2.24, 2.45) is 0 Å². The molecule has 6 heterocycles. The molecule has 8 rings (SSSR count). The zero-order valence-corrected chi connectivity index (χ0v) is 24.3. The van der Waals surface area contributed by atoms with E-state index in [1.165, 1.54) is 5.56 Å². The van der Waals surface area contributed by atoms with Gasteiger partial charge in [0.15, 0.2) is 0 Å². The van der Waals surface area contributed by atoms with E-state index in [0.29, 0.717) is 0 Å². The van der Waals surface area contributed by atoms with Crippen LogP contribution in [0.3, 0.4) is 0 Å². The Balaban J connectivity index is 1.55. The lowest BCUT2D eigenvalue weighted by molar-refractivity contribution is 0.668. The number of fused-ring (bicyclic) bond motifs is 9. The molecule has 0 aliphatic carbocycles. The second kappa shape index (κ2) is 9.79. The second-order valence-electron chi connectivity index (χ2n) is 10.5. The topological polar surface area (TPSA) is 73.4 Å². The minimum absolute atomic E-state index is 0.762. The van der Waals surface area contributed by atoms with Gasteiger partial charge in [-0.15, -0.1) is 0 Å². The van der Waals surface area contributed by atoms with Crippen LogP contribution >= 0.6 is 15.9 Å². The van der Waals surface area contributed by atoms with Crippen molar-refractivity contribution in [3.05, 3.63) is 125 Å². The van der Waals surface area contributed by atoms with Crippen LogP contribution in [-0.2, 0) is 0 Å². The molecule has 7 aromatic rings. The Morgan fingerprint density at radius 1 is 0.595 bits per heavy atom. The fourth-order valence-corrected chi connectivity index (χ4v) is 6.01. The summed E-state index contributed by atoms with van der Waals surface area (Å²) in [5, 5.41) is 0. The number of aryl methyl sites for hydroxylation is 1. The van der Waals surface area contributed by atoms with Gasteiger partial charge in [-0.1, -0.05) is 57.9 Å². The SMILES string of the molecule is Cc1ccc(-c2c3nc(c4ccc([nH]4)c(-c4ccc(Br)cc4)c4ccc([nH]4)c(-c4ccc[nH]4)c4ccc2o4)C=C3)cc1. The molecule has 0 saturated heterocycles. The summed E-state index contributed by atoms with van der Waals surface area (Å²) in [7, 11) is 0. The van der Waals surface area contributed by atoms with Crippen molar-refractivity contribution in [2.75, 3.05) is 0 Å². The number of aromatic amines is 3. The normalized spacial score (nSPS) is 12.0. The Labute approximate surface area is 250 Å². The maximum atomic E-state index is 6.71. The lowest BCUT2D eigenvalue weighted by Crippen LogP contribution is -1.85. The molecule has 2 aromatic carbocycles. The van der Waals surface area contributed by atoms with Crippen LogP contribution in [0, 0.1) is 6.92 Å². The first-order chi connectivity index (χ1) is 20.6. The summed E-state index contributed by atoms with van der Waals surface area (Å²) in [5.74, 6) is 0. The van der Waals surface area contributed by atoms with Crippen LogP contribution in [0.15, 0.2) is 112 Å². The average Bonchev–Trinajstić information content (AvgIpc) is 3.83. The molecular weight excluding hydrogens is 584 g/mol. The molecule has 1 aliphatic heterocycles. The molecule has 42 heavy (non-hydrogen) atoms. The summed E-state index contributed by atoms with van der Waals surface area (Å²) in [6, 6.07) is 33.6. The highest BCUT2D eigenvalue weighted by Gasteiger charge is 2.16. The largest absolute Gasteiger partial charge is 0.456 e. The van der Waals surface area contributed by atoms with E-state index in [0.717, 1.165) is 82.6 Å². The van der Waals surface area contributed by atoms with Crippen LogP contribution in [0.5, 0.6) is 0 Å². The summed E-state index contributed by atoms with van der Waals surface area (Å²) < 4.78 is 7.74. The van der Waals surface area contributed by atoms with E-state index in [1.54, 1.807) is 0 Å². The average molecular weight is 610 g/mol. The third kappa shape index (κ3) is 4.19. The highest BCUT2D eigenvalue weighted by atomic mass is 79.9. The Morgan fingerprint density at radius 2 is 1.19 bits per heavy atom. The third-order valence-electron chi connectivity index (χ3n) is 7.79. The highest BCUT2D eigenvalue weighted by molar-refractivity contribution is 9.10. The number of hydrogen-bond acceptors (Lipinski definition) is 2. The van der Waals surface area contributed by atoms with Gasteiger partial charge >= 0.3 is 0 Å². The van der Waals surface area contributed by atoms with Crippen molar-refractivity contribution in [3.63, 3.8) is 0 Å². The van der Waals surface area contributed by atoms with E-state index < -0.39 is 0 Å². The van der Waals surface area contributed by atoms with Crippen LogP contribution in [-0.4, -0.2) is 19.9 Å². The van der Waals surface area contributed by atoms with Crippen LogP contribution in [0.25, 0.3) is 78.9 Å². The molecule has 3 N–H and O–H groups in total. The summed E-state index contributed by atoms with van der Waals surface area (Å²) in [4.78, 5) is 15.9. The molecule has 6 heteroatoms. The Bertz CT molecular complexity index is 2250. The Hall–Kier alpha value is -5.07. The molecular formula is C36H25BrN4O. The van der Waals surface area contributed by atoms with Gasteiger partial charge in [-0.25, -0.2) is 4.98 Å². The summed E-state index contributed by atoms with van der Waals surface area (Å²) in [6.45, 7) is 2.10. The lowest BCUT2D eigenvalue weighted by atomic mass is 10.0. The van der Waals surface area contributed by atoms with Crippen LogP contribution in [0.1, 0.15) is 17.0 Å². The highest BCUT2D eigenvalue weighted by Crippen LogP contribution is 2.37. The van der Waals surface area contributed by atoms with Gasteiger partial charge in [0.25, 0.3) is 0 Å². The fourth-order valence-electron chi connectivity index (χ4n) is 5.74. The zero-order chi connectivity index (χ0) is 28.2. The lowest BCUT2D eigenvalue weighted by Gasteiger charge is -2.04. The van der Waals surface area contributed by atoms with Gasteiger partial charge < -0.3 is 19.4 Å². The van der Waals surface area contributed by atoms with Crippen LogP contribution < -0.4 is 0 Å². The van der Waals surface area contributed by atoms with E-state index in [1.807, 2.05) is 24.4 Å². The minimum atomic E-state index is 0.762. The number of H-pyrrole nitrogens is 3. The van der Waals surface area contributed by atoms with Gasteiger partial charge in [0.05, 0.1) is 39.2 Å². The number of hydrogen-bond donors (Lipinski definition) is 3. The van der Waals surface area contributed by atoms with Gasteiger partial charge in [0.1, 0.15) is 11.2 Å². The quantitative estimate of drug-likeness (QED) is 0.187. The van der Waals surface area contributed by atoms with E-state index in [9.17, 15) is 0 Å². The molecule has 5 nitrogen and oxygen atoms in total. The molecule has 0 spiro atoms. The number of halogens is 1. The summed E-state index contributed by atoms with van der Waals surface area (Å²) in [5.41, 5.74) is 14.5. The fraction of sp³-hybridized carbons (Fsp3) is 0.0278. The molecule has 8 bridgehead atoms. The van der Waals surface area contributed by atoms with Crippen LogP contribution in [0.4, 0.5) is 0 Å². The maximum Gasteiger partial charge on any atom is 0.139 e. The van der Waals surface area contributed by atoms with Crippen molar-refractivity contribution in [1.82, 2.24) is 19.9 Å². The van der Waals surface area contributed by atoms with Crippen molar-refractivity contribution in [2.45, 2.75) is 6.92 Å². The number of nitrogens with one attached hydrogen (secondary N) is 3. The number of aromatic nitrogens is 4. The first-order valence-corrected chi connectivity index (χ1v) is 14.6. The monoisotopic (exact) mass is 608 g/mol. The Morgan fingerprint density at radius 3 is 1.90 bits per heavy atom. The summed E-state index contributed by atoms with van der Waals surface area (Å²) >= 11 is 3.59. The summed E-state index contributed by atoms with van der Waals surface area (Å²) in [6.07, 6.45) is 6.08. The third-order valence-corrected chi connectivity index (χ3v) is 8.32. The standard InChI is InChI=1S/C36H25BrN4O/c1-21-4-6-23(7-5-21)35-30-15-13-26(40-30)25-12-14-28(39-25)34(22-8-10-24(37)11-9-22)29-16-17-31(41-29)36(27-3-2-20-38-27)33-19-18-32(35)42-33/h2-20,38-39,41H,1H3. The van der Waals surface area contributed by atoms with E-state index in [-0.39, 0.29) is 0 Å². The second-order valence-corrected chi connectivity index (χ2v) is 11.4. The molecule has 202 valence electrons. The van der Waals surface area contributed by atoms with E-state index in [4.69, 9.17) is 9.40 Å². The predicted octanol–water partition coefficient (Wildman–Crippen LogP) is 10.4. The molecule has 1 aliphatic rings. The number of rotatable bonds is 3. The molecule has 5 aromatic heterocycles. The number of furan rings is 1. The molecule has 0 unspecified atom stereocenters.